The molecule has 0 aromatic rings. The van der Waals surface area contributed by atoms with Crippen molar-refractivity contribution in [1.82, 2.24) is 10.2 Å². The molecule has 10 atom stereocenters. The zero-order chi connectivity index (χ0) is 27.3. The largest absolute Gasteiger partial charge is 0.465 e. The molecular formula is C27H46N2O7S. The molecule has 0 radical (unpaired) electrons. The van der Waals surface area contributed by atoms with Crippen molar-refractivity contribution >= 4 is 22.9 Å². The number of hydrogen-bond acceptors (Lipinski definition) is 6. The van der Waals surface area contributed by atoms with Gasteiger partial charge < -0.3 is 30.5 Å². The second-order valence-electron chi connectivity index (χ2n) is 11.3. The van der Waals surface area contributed by atoms with Gasteiger partial charge in [0.05, 0.1) is 18.3 Å². The van der Waals surface area contributed by atoms with E-state index in [-0.39, 0.29) is 12.5 Å². The van der Waals surface area contributed by atoms with Crippen molar-refractivity contribution in [3.05, 3.63) is 25.3 Å². The summed E-state index contributed by atoms with van der Waals surface area (Å²) in [5.41, 5.74) is 0. The van der Waals surface area contributed by atoms with Crippen molar-refractivity contribution in [1.29, 1.82) is 0 Å². The van der Waals surface area contributed by atoms with E-state index in [9.17, 15) is 30.0 Å². The molecule has 37 heavy (non-hydrogen) atoms. The molecule has 3 aliphatic heterocycles. The molecule has 3 rings (SSSR count). The number of fused-ring (bicyclic) bond motifs is 1. The van der Waals surface area contributed by atoms with Gasteiger partial charge in [-0.2, -0.15) is 0 Å². The molecule has 3 aliphatic rings. The highest BCUT2D eigenvalue weighted by Crippen LogP contribution is 2.43. The van der Waals surface area contributed by atoms with E-state index in [1.807, 2.05) is 0 Å². The summed E-state index contributed by atoms with van der Waals surface area (Å²) in [6.45, 7) is 12.7. The van der Waals surface area contributed by atoms with Crippen LogP contribution in [-0.2, 0) is 9.53 Å². The van der Waals surface area contributed by atoms with Gasteiger partial charge in [0.1, 0.15) is 12.1 Å². The minimum Gasteiger partial charge on any atom is -0.465 e. The molecule has 0 saturated carbocycles. The molecule has 0 bridgehead atoms. The molecule has 0 aromatic heterocycles. The number of nitrogens with one attached hydrogen (secondary N) is 1. The van der Waals surface area contributed by atoms with Crippen LogP contribution in [0.4, 0.5) is 4.79 Å². The zero-order valence-corrected chi connectivity index (χ0v) is 23.0. The lowest BCUT2D eigenvalue weighted by molar-refractivity contribution is -0.130. The quantitative estimate of drug-likeness (QED) is 0.183. The fourth-order valence-corrected chi connectivity index (χ4v) is 9.50. The Labute approximate surface area is 223 Å². The van der Waals surface area contributed by atoms with Gasteiger partial charge in [0.25, 0.3) is 0 Å². The Balaban J connectivity index is 1.85. The van der Waals surface area contributed by atoms with Gasteiger partial charge in [-0.15, -0.1) is 13.2 Å². The maximum absolute atomic E-state index is 13.8. The monoisotopic (exact) mass is 542 g/mol. The van der Waals surface area contributed by atoms with Gasteiger partial charge in [-0.3, -0.25) is 9.69 Å². The summed E-state index contributed by atoms with van der Waals surface area (Å²) < 4.78 is 6.16. The molecule has 3 saturated heterocycles. The Morgan fingerprint density at radius 2 is 1.92 bits per heavy atom. The normalized spacial score (nSPS) is 37.9. The average molecular weight is 543 g/mol. The highest BCUT2D eigenvalue weighted by Gasteiger charge is 2.51. The van der Waals surface area contributed by atoms with Crippen LogP contribution in [0.2, 0.25) is 0 Å². The molecule has 2 amide bonds. The van der Waals surface area contributed by atoms with Crippen molar-refractivity contribution in [2.75, 3.05) is 24.7 Å². The summed E-state index contributed by atoms with van der Waals surface area (Å²) in [6, 6.07) is -1.50. The van der Waals surface area contributed by atoms with Crippen LogP contribution in [0.5, 0.6) is 0 Å². The van der Waals surface area contributed by atoms with E-state index in [1.54, 1.807) is 12.2 Å². The Morgan fingerprint density at radius 1 is 1.19 bits per heavy atom. The lowest BCUT2D eigenvalue weighted by Crippen LogP contribution is -2.61. The number of ether oxygens (including phenoxy) is 1. The number of carboxylic acid groups (broad SMARTS) is 1. The van der Waals surface area contributed by atoms with Crippen LogP contribution in [0.3, 0.4) is 0 Å². The zero-order valence-electron chi connectivity index (χ0n) is 22.1. The molecule has 5 N–H and O–H groups in total. The number of carbonyl (C=O) groups is 2. The van der Waals surface area contributed by atoms with E-state index < -0.39 is 64.6 Å². The Hall–Kier alpha value is -1.59. The van der Waals surface area contributed by atoms with Crippen molar-refractivity contribution < 1.29 is 34.8 Å². The van der Waals surface area contributed by atoms with Gasteiger partial charge in [0, 0.05) is 36.1 Å². The molecule has 0 aromatic carbocycles. The summed E-state index contributed by atoms with van der Waals surface area (Å²) in [5.74, 6) is 1.37. The number of allylic oxidation sites excluding steroid dienone is 1. The smallest absolute Gasteiger partial charge is 0.408 e. The second-order valence-corrected chi connectivity index (χ2v) is 13.8. The fourth-order valence-electron chi connectivity index (χ4n) is 6.49. The Kier molecular flexibility index (Phi) is 10.9. The van der Waals surface area contributed by atoms with Gasteiger partial charge in [0.2, 0.25) is 5.91 Å². The van der Waals surface area contributed by atoms with Crippen LogP contribution >= 0.6 is 10.9 Å². The number of hydrogen-bond donors (Lipinski definition) is 6. The topological polar surface area (TPSA) is 140 Å². The molecule has 0 spiro atoms. The summed E-state index contributed by atoms with van der Waals surface area (Å²) in [7, 11) is -0.985. The van der Waals surface area contributed by atoms with Crippen LogP contribution in [0, 0.1) is 17.8 Å². The molecule has 3 fully saturated rings. The van der Waals surface area contributed by atoms with Crippen LogP contribution in [0.15, 0.2) is 25.3 Å². The molecular weight excluding hydrogens is 496 g/mol. The highest BCUT2D eigenvalue weighted by molar-refractivity contribution is 8.17. The summed E-state index contributed by atoms with van der Waals surface area (Å²) >= 11 is 0. The molecule has 9 nitrogen and oxygen atoms in total. The Morgan fingerprint density at radius 3 is 2.54 bits per heavy atom. The van der Waals surface area contributed by atoms with Crippen molar-refractivity contribution in [3.8, 4) is 0 Å². The van der Waals surface area contributed by atoms with Crippen LogP contribution in [-0.4, -0.2) is 104 Å². The predicted molar refractivity (Wildman–Crippen MR) is 146 cm³/mol. The maximum atomic E-state index is 13.8. The lowest BCUT2D eigenvalue weighted by atomic mass is 9.85. The first kappa shape index (κ1) is 30.0. The number of thiol groups is 1. The van der Waals surface area contributed by atoms with Gasteiger partial charge in [-0.25, -0.2) is 15.7 Å². The number of aliphatic hydroxyl groups is 3. The number of likely N-dealkylation sites (tertiary alicyclic amines) is 1. The van der Waals surface area contributed by atoms with E-state index in [4.69, 9.17) is 4.74 Å². The highest BCUT2D eigenvalue weighted by atomic mass is 32.2. The number of carbonyl (C=O) groups excluding carboxylic acids is 1. The first-order chi connectivity index (χ1) is 17.6. The van der Waals surface area contributed by atoms with Gasteiger partial charge in [-0.05, 0) is 49.7 Å². The van der Waals surface area contributed by atoms with Crippen LogP contribution in [0.25, 0.3) is 0 Å². The summed E-state index contributed by atoms with van der Waals surface area (Å²) in [5, 5.41) is 44.3. The molecule has 3 heterocycles. The minimum atomic E-state index is -1.31. The lowest BCUT2D eigenvalue weighted by Gasteiger charge is -2.47. The fraction of sp³-hybridized carbons (Fsp3) is 0.778. The number of aliphatic hydroxyl groups excluding tert-OH is 3. The number of amides is 2. The van der Waals surface area contributed by atoms with E-state index in [0.717, 1.165) is 19.3 Å². The van der Waals surface area contributed by atoms with Gasteiger partial charge >= 0.3 is 6.09 Å². The molecule has 1 unspecified atom stereocenters. The maximum Gasteiger partial charge on any atom is 0.408 e. The van der Waals surface area contributed by atoms with E-state index >= 15 is 0 Å². The SMILES string of the molecule is C=CCC[C@@H](NC(=O)[C@@H]1[C@@H]2OCC[C@@H](CC(C)C)C[C@H]2CN1C(=O)O)[C@@H]1[C@H](O)[C@@H](O)[C@@H](O)C[SH]1CC=C. The van der Waals surface area contributed by atoms with Gasteiger partial charge in [-0.1, -0.05) is 26.0 Å². The summed E-state index contributed by atoms with van der Waals surface area (Å²) in [4.78, 5) is 27.2. The third-order valence-corrected chi connectivity index (χ3v) is 11.1. The third-order valence-electron chi connectivity index (χ3n) is 8.06. The second kappa shape index (κ2) is 13.5. The Bertz CT molecular complexity index is 812. The van der Waals surface area contributed by atoms with Crippen molar-refractivity contribution in [2.24, 2.45) is 17.8 Å². The molecule has 212 valence electrons. The van der Waals surface area contributed by atoms with E-state index in [2.05, 4.69) is 32.3 Å². The van der Waals surface area contributed by atoms with E-state index in [1.165, 1.54) is 4.90 Å². The van der Waals surface area contributed by atoms with Crippen LogP contribution < -0.4 is 5.32 Å². The van der Waals surface area contributed by atoms with E-state index in [0.29, 0.717) is 42.8 Å². The first-order valence-electron chi connectivity index (χ1n) is 13.5. The predicted octanol–water partition coefficient (Wildman–Crippen LogP) is 1.91. The van der Waals surface area contributed by atoms with Crippen LogP contribution in [0.1, 0.15) is 46.0 Å². The van der Waals surface area contributed by atoms with Gasteiger partial charge in [0.15, 0.2) is 0 Å². The van der Waals surface area contributed by atoms with Crippen molar-refractivity contribution in [2.45, 2.75) is 87.7 Å². The standard InChI is InChI=1S/C27H46N2O7S/c1-5-7-8-19(25-23(32)22(31)20(30)15-37(25)11-6-2)28-26(33)21-24-18(14-29(21)27(34)35)13-17(9-10-36-24)12-16(3)4/h5-6,16-25,30-32,37H,1-2,7-15H2,3-4H3,(H,28,33)(H,34,35)/t17-,18-,19+,20-,21-,22-,23+,24+,25+/m0/s1. The number of rotatable bonds is 10. The first-order valence-corrected chi connectivity index (χ1v) is 15.3. The molecule has 0 aliphatic carbocycles. The third kappa shape index (κ3) is 7.09. The molecule has 10 heteroatoms. The number of nitrogens with zero attached hydrogens (tertiary/aromatic N) is 1. The van der Waals surface area contributed by atoms with Crippen molar-refractivity contribution in [3.63, 3.8) is 0 Å². The minimum absolute atomic E-state index is 0.0557. The summed E-state index contributed by atoms with van der Waals surface area (Å²) in [6.07, 6.45) is 2.03. The average Bonchev–Trinajstić information content (AvgIpc) is 3.07.